The zero-order valence-electron chi connectivity index (χ0n) is 9.29. The molecule has 2 aliphatic rings. The molecule has 2 saturated heterocycles. The molecule has 3 rings (SSSR count). The number of hydrogen-bond acceptors (Lipinski definition) is 3. The highest BCUT2D eigenvalue weighted by atomic mass is 79.9. The predicted molar refractivity (Wildman–Crippen MR) is 79.4 cm³/mol. The quantitative estimate of drug-likeness (QED) is 0.874. The molecular weight excluding hydrogens is 343 g/mol. The summed E-state index contributed by atoms with van der Waals surface area (Å²) in [6, 6.07) is 2.15. The first-order valence-corrected chi connectivity index (χ1v) is 7.58. The molecule has 2 fully saturated rings. The lowest BCUT2D eigenvalue weighted by Gasteiger charge is -2.15. The molecule has 6 heteroatoms. The van der Waals surface area contributed by atoms with Crippen LogP contribution in [0.1, 0.15) is 4.88 Å². The highest BCUT2D eigenvalue weighted by Gasteiger charge is 2.35. The minimum absolute atomic E-state index is 0. The van der Waals surface area contributed by atoms with Crippen molar-refractivity contribution in [1.29, 1.82) is 0 Å². The van der Waals surface area contributed by atoms with Crippen LogP contribution in [0, 0.1) is 11.8 Å². The lowest BCUT2D eigenvalue weighted by atomic mass is 10.0. The number of nitrogens with one attached hydrogen (secondary N) is 1. The lowest BCUT2D eigenvalue weighted by molar-refractivity contribution is 0.308. The van der Waals surface area contributed by atoms with Gasteiger partial charge in [0.2, 0.25) is 0 Å². The van der Waals surface area contributed by atoms with E-state index in [0.717, 1.165) is 27.2 Å². The average molecular weight is 358 g/mol. The summed E-state index contributed by atoms with van der Waals surface area (Å²) in [5.74, 6) is 1.75. The van der Waals surface area contributed by atoms with E-state index in [9.17, 15) is 0 Å². The van der Waals surface area contributed by atoms with Crippen LogP contribution in [-0.4, -0.2) is 31.1 Å². The largest absolute Gasteiger partial charge is 0.316 e. The smallest absolute Gasteiger partial charge is 0.107 e. The van der Waals surface area contributed by atoms with Crippen molar-refractivity contribution < 1.29 is 0 Å². The topological polar surface area (TPSA) is 15.3 Å². The van der Waals surface area contributed by atoms with Crippen LogP contribution in [0.15, 0.2) is 10.5 Å². The molecule has 3 heterocycles. The molecule has 0 aromatic carbocycles. The van der Waals surface area contributed by atoms with Crippen molar-refractivity contribution >= 4 is 51.3 Å². The Morgan fingerprint density at radius 2 is 2.06 bits per heavy atom. The predicted octanol–water partition coefficient (Wildman–Crippen LogP) is 3.24. The summed E-state index contributed by atoms with van der Waals surface area (Å²) in [6.07, 6.45) is 0. The zero-order chi connectivity index (χ0) is 11.1. The van der Waals surface area contributed by atoms with Gasteiger partial charge in [0, 0.05) is 29.0 Å². The lowest BCUT2D eigenvalue weighted by Crippen LogP contribution is -2.25. The Labute approximate surface area is 125 Å². The van der Waals surface area contributed by atoms with E-state index in [0.29, 0.717) is 0 Å². The Morgan fingerprint density at radius 1 is 1.41 bits per heavy atom. The van der Waals surface area contributed by atoms with Gasteiger partial charge in [-0.1, -0.05) is 11.6 Å². The van der Waals surface area contributed by atoms with Crippen LogP contribution in [0.25, 0.3) is 0 Å². The summed E-state index contributed by atoms with van der Waals surface area (Å²) in [6.45, 7) is 5.95. The van der Waals surface area contributed by atoms with Crippen LogP contribution in [0.5, 0.6) is 0 Å². The summed E-state index contributed by atoms with van der Waals surface area (Å²) in [5.41, 5.74) is 0. The molecule has 1 aromatic rings. The van der Waals surface area contributed by atoms with E-state index < -0.39 is 0 Å². The zero-order valence-corrected chi connectivity index (χ0v) is 13.3. The molecule has 0 aliphatic carbocycles. The minimum atomic E-state index is 0. The van der Waals surface area contributed by atoms with E-state index in [1.54, 1.807) is 11.3 Å². The van der Waals surface area contributed by atoms with Crippen molar-refractivity contribution in [3.8, 4) is 0 Å². The van der Waals surface area contributed by atoms with Crippen molar-refractivity contribution in [2.75, 3.05) is 26.2 Å². The number of likely N-dealkylation sites (tertiary alicyclic amines) is 1. The fourth-order valence-corrected chi connectivity index (χ4v) is 4.60. The molecule has 17 heavy (non-hydrogen) atoms. The van der Waals surface area contributed by atoms with Crippen molar-refractivity contribution in [3.05, 3.63) is 19.8 Å². The van der Waals surface area contributed by atoms with Crippen molar-refractivity contribution in [1.82, 2.24) is 10.2 Å². The summed E-state index contributed by atoms with van der Waals surface area (Å²) < 4.78 is 1.91. The average Bonchev–Trinajstić information content (AvgIpc) is 2.83. The van der Waals surface area contributed by atoms with Gasteiger partial charge in [0.05, 0.1) is 0 Å². The van der Waals surface area contributed by atoms with Crippen LogP contribution in [-0.2, 0) is 6.54 Å². The monoisotopic (exact) mass is 356 g/mol. The van der Waals surface area contributed by atoms with E-state index in [1.165, 1.54) is 31.1 Å². The third kappa shape index (κ3) is 2.99. The maximum Gasteiger partial charge on any atom is 0.107 e. The SMILES string of the molecule is Cl.Clc1sc(CN2C[C@H]3CNC[C@H]3C2)cc1Br. The molecule has 0 saturated carbocycles. The van der Waals surface area contributed by atoms with E-state index in [-0.39, 0.29) is 12.4 Å². The molecule has 0 amide bonds. The molecule has 0 bridgehead atoms. The number of halogens is 3. The van der Waals surface area contributed by atoms with Gasteiger partial charge in [-0.05, 0) is 46.9 Å². The first-order valence-electron chi connectivity index (χ1n) is 5.59. The molecule has 0 unspecified atom stereocenters. The standard InChI is InChI=1S/C11H14BrClN2S.ClH/c12-10-1-9(16-11(10)13)6-15-4-7-2-14-3-8(7)5-15;/h1,7-8,14H,2-6H2;1H/t7-,8+;. The highest BCUT2D eigenvalue weighted by Crippen LogP contribution is 2.34. The molecule has 1 N–H and O–H groups in total. The van der Waals surface area contributed by atoms with Gasteiger partial charge in [0.1, 0.15) is 4.34 Å². The van der Waals surface area contributed by atoms with Crippen LogP contribution >= 0.6 is 51.3 Å². The van der Waals surface area contributed by atoms with Crippen LogP contribution in [0.2, 0.25) is 4.34 Å². The molecule has 0 spiro atoms. The van der Waals surface area contributed by atoms with Crippen LogP contribution < -0.4 is 5.32 Å². The molecule has 96 valence electrons. The van der Waals surface area contributed by atoms with Gasteiger partial charge >= 0.3 is 0 Å². The van der Waals surface area contributed by atoms with E-state index in [2.05, 4.69) is 32.2 Å². The Hall–Kier alpha value is 0.680. The summed E-state index contributed by atoms with van der Waals surface area (Å²) >= 11 is 11.2. The highest BCUT2D eigenvalue weighted by molar-refractivity contribution is 9.10. The Morgan fingerprint density at radius 3 is 2.59 bits per heavy atom. The minimum Gasteiger partial charge on any atom is -0.316 e. The van der Waals surface area contributed by atoms with Crippen molar-refractivity contribution in [2.45, 2.75) is 6.54 Å². The summed E-state index contributed by atoms with van der Waals surface area (Å²) in [7, 11) is 0. The second-order valence-electron chi connectivity index (χ2n) is 4.71. The van der Waals surface area contributed by atoms with E-state index >= 15 is 0 Å². The molecule has 2 nitrogen and oxygen atoms in total. The van der Waals surface area contributed by atoms with Crippen molar-refractivity contribution in [3.63, 3.8) is 0 Å². The first-order chi connectivity index (χ1) is 7.72. The van der Waals surface area contributed by atoms with Gasteiger partial charge in [0.15, 0.2) is 0 Å². The Bertz CT molecular complexity index is 367. The maximum absolute atomic E-state index is 6.05. The Kier molecular flexibility index (Phi) is 4.78. The summed E-state index contributed by atoms with van der Waals surface area (Å²) in [4.78, 5) is 3.93. The molecule has 1 aromatic heterocycles. The molecule has 0 radical (unpaired) electrons. The number of fused-ring (bicyclic) bond motifs is 1. The third-order valence-corrected chi connectivity index (χ3v) is 6.00. The fourth-order valence-electron chi connectivity index (χ4n) is 2.77. The maximum atomic E-state index is 6.05. The summed E-state index contributed by atoms with van der Waals surface area (Å²) in [5, 5.41) is 3.47. The van der Waals surface area contributed by atoms with Crippen molar-refractivity contribution in [2.24, 2.45) is 11.8 Å². The van der Waals surface area contributed by atoms with Gasteiger partial charge < -0.3 is 5.32 Å². The van der Waals surface area contributed by atoms with E-state index in [1.807, 2.05) is 0 Å². The van der Waals surface area contributed by atoms with Gasteiger partial charge in [-0.15, -0.1) is 23.7 Å². The molecule has 2 aliphatic heterocycles. The van der Waals surface area contributed by atoms with Crippen LogP contribution in [0.4, 0.5) is 0 Å². The number of thiophene rings is 1. The fraction of sp³-hybridized carbons (Fsp3) is 0.636. The number of rotatable bonds is 2. The number of hydrogen-bond donors (Lipinski definition) is 1. The second kappa shape index (κ2) is 5.76. The molecular formula is C11H15BrCl2N2S. The third-order valence-electron chi connectivity index (χ3n) is 3.54. The van der Waals surface area contributed by atoms with Gasteiger partial charge in [-0.2, -0.15) is 0 Å². The normalized spacial score (nSPS) is 28.1. The van der Waals surface area contributed by atoms with Crippen LogP contribution in [0.3, 0.4) is 0 Å². The van der Waals surface area contributed by atoms with Gasteiger partial charge in [0.25, 0.3) is 0 Å². The van der Waals surface area contributed by atoms with Gasteiger partial charge in [-0.25, -0.2) is 0 Å². The van der Waals surface area contributed by atoms with Gasteiger partial charge in [-0.3, -0.25) is 4.90 Å². The second-order valence-corrected chi connectivity index (χ2v) is 7.30. The molecule has 2 atom stereocenters. The van der Waals surface area contributed by atoms with E-state index in [4.69, 9.17) is 11.6 Å². The Balaban J connectivity index is 0.00000108. The number of nitrogens with zero attached hydrogens (tertiary/aromatic N) is 1. The first kappa shape index (κ1) is 14.1.